The Morgan fingerprint density at radius 3 is 2.71 bits per heavy atom. The van der Waals surface area contributed by atoms with Crippen molar-refractivity contribution in [2.75, 3.05) is 0 Å². The van der Waals surface area contributed by atoms with Crippen LogP contribution >= 0.6 is 11.3 Å². The first-order valence-electron chi connectivity index (χ1n) is 5.19. The van der Waals surface area contributed by atoms with Gasteiger partial charge in [-0.2, -0.15) is 0 Å². The number of hydrogen-bond acceptors (Lipinski definition) is 3. The largest absolute Gasteiger partial charge is 0.306 e. The second kappa shape index (κ2) is 4.89. The van der Waals surface area contributed by atoms with E-state index in [1.54, 1.807) is 11.3 Å². The third-order valence-corrected chi connectivity index (χ3v) is 2.82. The third-order valence-electron chi connectivity index (χ3n) is 1.86. The van der Waals surface area contributed by atoms with Crippen molar-refractivity contribution in [1.82, 2.24) is 10.3 Å². The second-order valence-electron chi connectivity index (χ2n) is 4.59. The molecule has 0 unspecified atom stereocenters. The molecule has 0 fully saturated rings. The molecule has 2 nitrogen and oxygen atoms in total. The monoisotopic (exact) mass is 212 g/mol. The van der Waals surface area contributed by atoms with Crippen LogP contribution in [0.1, 0.15) is 44.8 Å². The van der Waals surface area contributed by atoms with Crippen LogP contribution in [0.2, 0.25) is 0 Å². The topological polar surface area (TPSA) is 24.9 Å². The van der Waals surface area contributed by atoms with E-state index in [-0.39, 0.29) is 5.54 Å². The lowest BCUT2D eigenvalue weighted by Gasteiger charge is -2.19. The van der Waals surface area contributed by atoms with Crippen LogP contribution in [0.3, 0.4) is 0 Å². The molecule has 0 saturated heterocycles. The summed E-state index contributed by atoms with van der Waals surface area (Å²) < 4.78 is 0. The molecule has 1 N–H and O–H groups in total. The summed E-state index contributed by atoms with van der Waals surface area (Å²) in [6, 6.07) is 0. The Kier molecular flexibility index (Phi) is 4.08. The molecule has 80 valence electrons. The normalized spacial score (nSPS) is 12.0. The quantitative estimate of drug-likeness (QED) is 0.830. The fourth-order valence-electron chi connectivity index (χ4n) is 1.11. The molecule has 0 bridgehead atoms. The first-order chi connectivity index (χ1) is 6.51. The van der Waals surface area contributed by atoms with Gasteiger partial charge in [0.25, 0.3) is 0 Å². The summed E-state index contributed by atoms with van der Waals surface area (Å²) in [7, 11) is 0. The molecule has 1 heterocycles. The predicted molar refractivity (Wildman–Crippen MR) is 62.7 cm³/mol. The smallest absolute Gasteiger partial charge is 0.0928 e. The number of aryl methyl sites for hydroxylation is 1. The van der Waals surface area contributed by atoms with E-state index < -0.39 is 0 Å². The highest BCUT2D eigenvalue weighted by Gasteiger charge is 2.09. The highest BCUT2D eigenvalue weighted by atomic mass is 32.1. The van der Waals surface area contributed by atoms with Crippen molar-refractivity contribution in [3.8, 4) is 0 Å². The summed E-state index contributed by atoms with van der Waals surface area (Å²) >= 11 is 1.77. The van der Waals surface area contributed by atoms with Crippen LogP contribution < -0.4 is 5.32 Å². The SMILES string of the molecule is CCCc1nc(CNC(C)(C)C)cs1. The molecular formula is C11H20N2S. The zero-order valence-electron chi connectivity index (χ0n) is 9.55. The van der Waals surface area contributed by atoms with Crippen LogP contribution in [0.4, 0.5) is 0 Å². The fourth-order valence-corrected chi connectivity index (χ4v) is 2.01. The van der Waals surface area contributed by atoms with Crippen molar-refractivity contribution in [1.29, 1.82) is 0 Å². The number of hydrogen-bond donors (Lipinski definition) is 1. The Labute approximate surface area is 90.8 Å². The van der Waals surface area contributed by atoms with Gasteiger partial charge in [-0.05, 0) is 33.6 Å². The predicted octanol–water partition coefficient (Wildman–Crippen LogP) is 2.98. The van der Waals surface area contributed by atoms with Crippen molar-refractivity contribution in [3.05, 3.63) is 16.1 Å². The molecule has 0 amide bonds. The molecule has 0 spiro atoms. The minimum Gasteiger partial charge on any atom is -0.306 e. The van der Waals surface area contributed by atoms with Gasteiger partial charge in [0.15, 0.2) is 0 Å². The Morgan fingerprint density at radius 2 is 2.14 bits per heavy atom. The average Bonchev–Trinajstić information content (AvgIpc) is 2.49. The van der Waals surface area contributed by atoms with E-state index in [0.717, 1.165) is 13.0 Å². The Morgan fingerprint density at radius 1 is 1.43 bits per heavy atom. The van der Waals surface area contributed by atoms with Crippen LogP contribution in [0, 0.1) is 0 Å². The fraction of sp³-hybridized carbons (Fsp3) is 0.727. The van der Waals surface area contributed by atoms with Gasteiger partial charge in [0.2, 0.25) is 0 Å². The molecule has 0 aliphatic rings. The summed E-state index contributed by atoms with van der Waals surface area (Å²) in [5.41, 5.74) is 1.35. The molecule has 0 aromatic carbocycles. The number of nitrogens with one attached hydrogen (secondary N) is 1. The van der Waals surface area contributed by atoms with Crippen LogP contribution in [0.25, 0.3) is 0 Å². The van der Waals surface area contributed by atoms with E-state index in [9.17, 15) is 0 Å². The van der Waals surface area contributed by atoms with Crippen LogP contribution in [0.15, 0.2) is 5.38 Å². The minimum absolute atomic E-state index is 0.175. The zero-order chi connectivity index (χ0) is 10.6. The number of rotatable bonds is 4. The van der Waals surface area contributed by atoms with Crippen LogP contribution in [-0.2, 0) is 13.0 Å². The summed E-state index contributed by atoms with van der Waals surface area (Å²) in [6.07, 6.45) is 2.29. The highest BCUT2D eigenvalue weighted by molar-refractivity contribution is 7.09. The van der Waals surface area contributed by atoms with Crippen molar-refractivity contribution >= 4 is 11.3 Å². The van der Waals surface area contributed by atoms with E-state index in [4.69, 9.17) is 0 Å². The summed E-state index contributed by atoms with van der Waals surface area (Å²) in [4.78, 5) is 4.56. The van der Waals surface area contributed by atoms with Gasteiger partial charge in [0.05, 0.1) is 10.7 Å². The molecule has 1 rings (SSSR count). The number of thiazole rings is 1. The molecule has 0 aliphatic carbocycles. The maximum Gasteiger partial charge on any atom is 0.0928 e. The van der Waals surface area contributed by atoms with Gasteiger partial charge in [-0.25, -0.2) is 4.98 Å². The van der Waals surface area contributed by atoms with Crippen LogP contribution in [-0.4, -0.2) is 10.5 Å². The summed E-state index contributed by atoms with van der Waals surface area (Å²) in [5.74, 6) is 0. The average molecular weight is 212 g/mol. The maximum absolute atomic E-state index is 4.56. The molecule has 14 heavy (non-hydrogen) atoms. The van der Waals surface area contributed by atoms with Crippen molar-refractivity contribution in [2.24, 2.45) is 0 Å². The molecule has 0 radical (unpaired) electrons. The van der Waals surface area contributed by atoms with Gasteiger partial charge in [0, 0.05) is 17.5 Å². The lowest BCUT2D eigenvalue weighted by atomic mass is 10.1. The van der Waals surface area contributed by atoms with Gasteiger partial charge in [-0.3, -0.25) is 0 Å². The van der Waals surface area contributed by atoms with Gasteiger partial charge in [-0.15, -0.1) is 11.3 Å². The standard InChI is InChI=1S/C11H20N2S/c1-5-6-10-13-9(8-14-10)7-12-11(2,3)4/h8,12H,5-7H2,1-4H3. The molecule has 0 saturated carbocycles. The molecule has 3 heteroatoms. The highest BCUT2D eigenvalue weighted by Crippen LogP contribution is 2.12. The minimum atomic E-state index is 0.175. The van der Waals surface area contributed by atoms with Crippen molar-refractivity contribution < 1.29 is 0 Å². The zero-order valence-corrected chi connectivity index (χ0v) is 10.4. The maximum atomic E-state index is 4.56. The van der Waals surface area contributed by atoms with Crippen molar-refractivity contribution in [3.63, 3.8) is 0 Å². The Bertz CT molecular complexity index is 273. The van der Waals surface area contributed by atoms with Gasteiger partial charge < -0.3 is 5.32 Å². The van der Waals surface area contributed by atoms with Gasteiger partial charge in [0.1, 0.15) is 0 Å². The number of aromatic nitrogens is 1. The molecule has 0 aliphatic heterocycles. The van der Waals surface area contributed by atoms with E-state index in [0.29, 0.717) is 0 Å². The number of nitrogens with zero attached hydrogens (tertiary/aromatic N) is 1. The second-order valence-corrected chi connectivity index (χ2v) is 5.53. The Balaban J connectivity index is 2.44. The molecular weight excluding hydrogens is 192 g/mol. The summed E-state index contributed by atoms with van der Waals surface area (Å²) in [5, 5.41) is 6.86. The molecule has 1 aromatic heterocycles. The molecule has 1 aromatic rings. The third kappa shape index (κ3) is 4.20. The van der Waals surface area contributed by atoms with E-state index in [1.165, 1.54) is 17.1 Å². The summed E-state index contributed by atoms with van der Waals surface area (Å²) in [6.45, 7) is 9.59. The van der Waals surface area contributed by atoms with Crippen LogP contribution in [0.5, 0.6) is 0 Å². The first-order valence-corrected chi connectivity index (χ1v) is 6.07. The lowest BCUT2D eigenvalue weighted by Crippen LogP contribution is -2.35. The van der Waals surface area contributed by atoms with E-state index in [1.807, 2.05) is 0 Å². The van der Waals surface area contributed by atoms with E-state index in [2.05, 4.69) is 43.4 Å². The van der Waals surface area contributed by atoms with Gasteiger partial charge >= 0.3 is 0 Å². The lowest BCUT2D eigenvalue weighted by molar-refractivity contribution is 0.421. The Hall–Kier alpha value is -0.410. The van der Waals surface area contributed by atoms with Crippen molar-refractivity contribution in [2.45, 2.75) is 52.6 Å². The van der Waals surface area contributed by atoms with Gasteiger partial charge in [-0.1, -0.05) is 6.92 Å². The first kappa shape index (κ1) is 11.7. The van der Waals surface area contributed by atoms with E-state index >= 15 is 0 Å². The molecule has 0 atom stereocenters.